The van der Waals surface area contributed by atoms with Crippen LogP contribution in [0.5, 0.6) is 0 Å². The fourth-order valence-electron chi connectivity index (χ4n) is 4.02. The van der Waals surface area contributed by atoms with Gasteiger partial charge in [0.15, 0.2) is 0 Å². The molecule has 0 aromatic heterocycles. The summed E-state index contributed by atoms with van der Waals surface area (Å²) in [5.74, 6) is 0. The molecule has 0 radical (unpaired) electrons. The van der Waals surface area contributed by atoms with Crippen LogP contribution in [0.25, 0.3) is 0 Å². The van der Waals surface area contributed by atoms with E-state index in [-0.39, 0.29) is 17.0 Å². The van der Waals surface area contributed by atoms with Crippen LogP contribution in [0, 0.1) is 6.92 Å². The molecule has 3 aromatic rings. The van der Waals surface area contributed by atoms with E-state index in [1.165, 1.54) is 11.1 Å². The van der Waals surface area contributed by atoms with Crippen molar-refractivity contribution in [3.63, 3.8) is 0 Å². The minimum Gasteiger partial charge on any atom is -0.292 e. The van der Waals surface area contributed by atoms with Crippen LogP contribution in [-0.2, 0) is 14.4 Å². The van der Waals surface area contributed by atoms with Crippen molar-refractivity contribution < 1.29 is 12.7 Å². The first-order chi connectivity index (χ1) is 14.9. The Bertz CT molecular complexity index is 1090. The Hall–Kier alpha value is -2.96. The summed E-state index contributed by atoms with van der Waals surface area (Å²) in [6, 6.07) is 27.2. The van der Waals surface area contributed by atoms with Gasteiger partial charge >= 0.3 is 10.1 Å². The van der Waals surface area contributed by atoms with Crippen molar-refractivity contribution in [2.75, 3.05) is 7.05 Å². The molecule has 1 aliphatic heterocycles. The van der Waals surface area contributed by atoms with Crippen molar-refractivity contribution in [2.45, 2.75) is 36.7 Å². The maximum Gasteiger partial charge on any atom is 0.358 e. The first-order valence-electron chi connectivity index (χ1n) is 10.3. The van der Waals surface area contributed by atoms with Gasteiger partial charge in [-0.15, -0.1) is 0 Å². The molecule has 2 atom stereocenters. The first-order valence-corrected chi connectivity index (χ1v) is 11.7. The highest BCUT2D eigenvalue weighted by Gasteiger charge is 2.33. The van der Waals surface area contributed by atoms with E-state index in [0.717, 1.165) is 11.3 Å². The number of nitrogens with zero attached hydrogens (tertiary/aromatic N) is 2. The Labute approximate surface area is 184 Å². The second-order valence-electron chi connectivity index (χ2n) is 7.93. The molecule has 31 heavy (non-hydrogen) atoms. The van der Waals surface area contributed by atoms with Gasteiger partial charge in [-0.3, -0.25) is 9.18 Å². The lowest BCUT2D eigenvalue weighted by molar-refractivity contribution is 0.160. The van der Waals surface area contributed by atoms with Gasteiger partial charge in [0.05, 0.1) is 5.71 Å². The number of piperidine rings is 1. The number of oxime groups is 1. The van der Waals surface area contributed by atoms with Crippen molar-refractivity contribution in [1.82, 2.24) is 4.90 Å². The van der Waals surface area contributed by atoms with Crippen LogP contribution in [0.3, 0.4) is 0 Å². The van der Waals surface area contributed by atoms with Gasteiger partial charge < -0.3 is 0 Å². The van der Waals surface area contributed by atoms with E-state index in [0.29, 0.717) is 12.8 Å². The molecule has 4 rings (SSSR count). The number of likely N-dealkylation sites (tertiary alicyclic amines) is 1. The smallest absolute Gasteiger partial charge is 0.292 e. The predicted molar refractivity (Wildman–Crippen MR) is 122 cm³/mol. The van der Waals surface area contributed by atoms with Crippen LogP contribution in [0.4, 0.5) is 0 Å². The highest BCUT2D eigenvalue weighted by atomic mass is 32.2. The Morgan fingerprint density at radius 2 is 1.29 bits per heavy atom. The largest absolute Gasteiger partial charge is 0.358 e. The van der Waals surface area contributed by atoms with Gasteiger partial charge in [0.1, 0.15) is 4.90 Å². The van der Waals surface area contributed by atoms with Crippen molar-refractivity contribution in [3.05, 3.63) is 102 Å². The lowest BCUT2D eigenvalue weighted by Crippen LogP contribution is -2.37. The maximum atomic E-state index is 12.6. The summed E-state index contributed by atoms with van der Waals surface area (Å²) in [6.07, 6.45) is 1.21. The molecule has 1 heterocycles. The molecule has 0 bridgehead atoms. The molecule has 3 aromatic carbocycles. The Morgan fingerprint density at radius 1 is 0.806 bits per heavy atom. The zero-order valence-electron chi connectivity index (χ0n) is 17.7. The van der Waals surface area contributed by atoms with Gasteiger partial charge in [-0.1, -0.05) is 83.5 Å². The average molecular weight is 435 g/mol. The fraction of sp³-hybridized carbons (Fsp3) is 0.240. The second-order valence-corrected chi connectivity index (χ2v) is 9.45. The van der Waals surface area contributed by atoms with Crippen molar-refractivity contribution in [3.8, 4) is 0 Å². The fourth-order valence-corrected chi connectivity index (χ4v) is 4.77. The summed E-state index contributed by atoms with van der Waals surface area (Å²) in [5, 5.41) is 4.14. The van der Waals surface area contributed by atoms with E-state index in [1.54, 1.807) is 24.3 Å². The van der Waals surface area contributed by atoms with E-state index in [1.807, 2.05) is 43.3 Å². The Kier molecular flexibility index (Phi) is 6.20. The minimum absolute atomic E-state index is 0.0737. The zero-order chi connectivity index (χ0) is 21.8. The molecule has 0 saturated carbocycles. The molecule has 0 N–H and O–H groups in total. The summed E-state index contributed by atoms with van der Waals surface area (Å²) < 4.78 is 30.4. The summed E-state index contributed by atoms with van der Waals surface area (Å²) >= 11 is 0. The van der Waals surface area contributed by atoms with Gasteiger partial charge in [-0.2, -0.15) is 8.42 Å². The topological polar surface area (TPSA) is 59.0 Å². The van der Waals surface area contributed by atoms with Crippen LogP contribution in [0.2, 0.25) is 0 Å². The lowest BCUT2D eigenvalue weighted by Gasteiger charge is -2.40. The summed E-state index contributed by atoms with van der Waals surface area (Å²) in [6.45, 7) is 1.91. The molecule has 0 aliphatic carbocycles. The van der Waals surface area contributed by atoms with Crippen molar-refractivity contribution in [1.29, 1.82) is 0 Å². The van der Waals surface area contributed by atoms with Crippen molar-refractivity contribution in [2.24, 2.45) is 5.16 Å². The Morgan fingerprint density at radius 3 is 1.77 bits per heavy atom. The number of aryl methyl sites for hydroxylation is 1. The number of hydrogen-bond donors (Lipinski definition) is 0. The highest BCUT2D eigenvalue weighted by molar-refractivity contribution is 7.86. The van der Waals surface area contributed by atoms with Gasteiger partial charge in [0.2, 0.25) is 0 Å². The number of benzene rings is 3. The first kappa shape index (κ1) is 21.3. The minimum atomic E-state index is -3.96. The van der Waals surface area contributed by atoms with Crippen LogP contribution in [0.1, 0.15) is 41.6 Å². The van der Waals surface area contributed by atoms with Crippen LogP contribution in [-0.4, -0.2) is 26.1 Å². The monoisotopic (exact) mass is 434 g/mol. The normalized spacial score (nSPS) is 19.7. The quantitative estimate of drug-likeness (QED) is 0.514. The van der Waals surface area contributed by atoms with Crippen LogP contribution in [0.15, 0.2) is 95.0 Å². The second kappa shape index (κ2) is 9.04. The zero-order valence-corrected chi connectivity index (χ0v) is 18.5. The van der Waals surface area contributed by atoms with Crippen LogP contribution >= 0.6 is 0 Å². The van der Waals surface area contributed by atoms with Gasteiger partial charge in [0.25, 0.3) is 0 Å². The molecule has 1 fully saturated rings. The van der Waals surface area contributed by atoms with E-state index < -0.39 is 10.1 Å². The average Bonchev–Trinajstić information content (AvgIpc) is 2.80. The number of hydrogen-bond acceptors (Lipinski definition) is 5. The SMILES string of the molecule is Cc1ccc(S(=O)(=O)ON=C2C[C@H](c3ccccc3)N(C)[C@@H](c3ccccc3)C2)cc1. The molecule has 160 valence electrons. The van der Waals surface area contributed by atoms with E-state index in [2.05, 4.69) is 41.4 Å². The molecule has 1 saturated heterocycles. The Balaban J connectivity index is 1.64. The molecule has 0 amide bonds. The third-order valence-corrected chi connectivity index (χ3v) is 6.90. The van der Waals surface area contributed by atoms with Crippen molar-refractivity contribution >= 4 is 15.8 Å². The van der Waals surface area contributed by atoms with E-state index >= 15 is 0 Å². The third kappa shape index (κ3) is 4.86. The van der Waals surface area contributed by atoms with Crippen LogP contribution < -0.4 is 0 Å². The maximum absolute atomic E-state index is 12.6. The van der Waals surface area contributed by atoms with Gasteiger partial charge in [-0.05, 0) is 37.2 Å². The van der Waals surface area contributed by atoms with Gasteiger partial charge in [0, 0.05) is 24.9 Å². The molecular weight excluding hydrogens is 408 g/mol. The number of rotatable bonds is 5. The third-order valence-electron chi connectivity index (χ3n) is 5.78. The molecule has 6 heteroatoms. The molecule has 0 spiro atoms. The summed E-state index contributed by atoms with van der Waals surface area (Å²) in [4.78, 5) is 2.44. The molecule has 1 aliphatic rings. The molecule has 5 nitrogen and oxygen atoms in total. The van der Waals surface area contributed by atoms with Gasteiger partial charge in [-0.25, -0.2) is 0 Å². The predicted octanol–water partition coefficient (Wildman–Crippen LogP) is 5.26. The van der Waals surface area contributed by atoms with E-state index in [4.69, 9.17) is 4.28 Å². The summed E-state index contributed by atoms with van der Waals surface area (Å²) in [7, 11) is -1.85. The summed E-state index contributed by atoms with van der Waals surface area (Å²) in [5.41, 5.74) is 4.05. The lowest BCUT2D eigenvalue weighted by atomic mass is 9.87. The van der Waals surface area contributed by atoms with E-state index in [9.17, 15) is 8.42 Å². The standard InChI is InChI=1S/C25H26N2O3S/c1-19-13-15-23(16-14-19)31(28,29)30-26-22-17-24(20-9-5-3-6-10-20)27(2)25(18-22)21-11-7-4-8-12-21/h3-16,24-25H,17-18H2,1-2H3/t24-,25-/m1/s1. The highest BCUT2D eigenvalue weighted by Crippen LogP contribution is 2.39. The molecular formula is C25H26N2O3S. The molecule has 0 unspecified atom stereocenters.